The van der Waals surface area contributed by atoms with E-state index in [4.69, 9.17) is 0 Å². The second-order valence-electron chi connectivity index (χ2n) is 3.24. The van der Waals surface area contributed by atoms with Gasteiger partial charge >= 0.3 is 0 Å². The predicted molar refractivity (Wildman–Crippen MR) is 63.6 cm³/mol. The van der Waals surface area contributed by atoms with Crippen molar-refractivity contribution >= 4 is 23.5 Å². The van der Waals surface area contributed by atoms with E-state index in [1.807, 2.05) is 29.6 Å². The number of thioether (sulfide) groups is 2. The van der Waals surface area contributed by atoms with Crippen molar-refractivity contribution in [3.05, 3.63) is 12.7 Å². The standard InChI is InChI=1S/C10H18OS2/c1-3-5-8(11)10-9(4-2)12-6-7-13-10/h3,8-11H,1,4-7H2,2H3. The summed E-state index contributed by atoms with van der Waals surface area (Å²) < 4.78 is 0. The summed E-state index contributed by atoms with van der Waals surface area (Å²) in [6.07, 6.45) is 3.52. The smallest absolute Gasteiger partial charge is 0.0703 e. The average Bonchev–Trinajstić information content (AvgIpc) is 2.18. The van der Waals surface area contributed by atoms with Crippen molar-refractivity contribution in [2.45, 2.75) is 36.4 Å². The molecule has 13 heavy (non-hydrogen) atoms. The van der Waals surface area contributed by atoms with Gasteiger partial charge in [-0.3, -0.25) is 0 Å². The van der Waals surface area contributed by atoms with Gasteiger partial charge in [0.05, 0.1) is 6.10 Å². The minimum Gasteiger partial charge on any atom is -0.392 e. The molecule has 1 nitrogen and oxygen atoms in total. The first kappa shape index (κ1) is 11.5. The van der Waals surface area contributed by atoms with Gasteiger partial charge in [0.2, 0.25) is 0 Å². The van der Waals surface area contributed by atoms with Crippen LogP contribution in [-0.4, -0.2) is 33.2 Å². The number of aliphatic hydroxyl groups excluding tert-OH is 1. The zero-order valence-electron chi connectivity index (χ0n) is 8.11. The van der Waals surface area contributed by atoms with Gasteiger partial charge in [-0.15, -0.1) is 6.58 Å². The van der Waals surface area contributed by atoms with E-state index < -0.39 is 0 Å². The van der Waals surface area contributed by atoms with Gasteiger partial charge in [-0.1, -0.05) is 13.0 Å². The van der Waals surface area contributed by atoms with Crippen molar-refractivity contribution in [1.29, 1.82) is 0 Å². The Morgan fingerprint density at radius 2 is 2.23 bits per heavy atom. The fourth-order valence-corrected chi connectivity index (χ4v) is 4.76. The van der Waals surface area contributed by atoms with Crippen molar-refractivity contribution in [2.24, 2.45) is 0 Å². The van der Waals surface area contributed by atoms with Crippen LogP contribution >= 0.6 is 23.5 Å². The molecular formula is C10H18OS2. The summed E-state index contributed by atoms with van der Waals surface area (Å²) in [5.74, 6) is 2.42. The van der Waals surface area contributed by atoms with E-state index in [9.17, 15) is 5.11 Å². The molecule has 0 aromatic carbocycles. The zero-order valence-corrected chi connectivity index (χ0v) is 9.74. The maximum atomic E-state index is 9.87. The molecule has 1 aliphatic rings. The third kappa shape index (κ3) is 3.22. The van der Waals surface area contributed by atoms with E-state index in [2.05, 4.69) is 13.5 Å². The van der Waals surface area contributed by atoms with Crippen LogP contribution in [0.25, 0.3) is 0 Å². The highest BCUT2D eigenvalue weighted by atomic mass is 32.2. The number of hydrogen-bond donors (Lipinski definition) is 1. The lowest BCUT2D eigenvalue weighted by molar-refractivity contribution is 0.172. The highest BCUT2D eigenvalue weighted by Crippen LogP contribution is 2.35. The molecule has 0 aromatic rings. The summed E-state index contributed by atoms with van der Waals surface area (Å²) in [7, 11) is 0. The van der Waals surface area contributed by atoms with Gasteiger partial charge in [0, 0.05) is 22.0 Å². The number of hydrogen-bond acceptors (Lipinski definition) is 3. The molecule has 1 rings (SSSR count). The van der Waals surface area contributed by atoms with Gasteiger partial charge in [-0.05, 0) is 12.8 Å². The molecule has 1 N–H and O–H groups in total. The minimum absolute atomic E-state index is 0.194. The molecule has 3 unspecified atom stereocenters. The number of rotatable bonds is 4. The average molecular weight is 218 g/mol. The predicted octanol–water partition coefficient (Wildman–Crippen LogP) is 2.55. The third-order valence-corrected chi connectivity index (χ3v) is 5.67. The molecule has 0 amide bonds. The summed E-state index contributed by atoms with van der Waals surface area (Å²) in [5.41, 5.74) is 0. The van der Waals surface area contributed by atoms with Gasteiger partial charge in [-0.2, -0.15) is 23.5 Å². The Morgan fingerprint density at radius 1 is 1.54 bits per heavy atom. The molecule has 0 aromatic heterocycles. The Balaban J connectivity index is 2.47. The summed E-state index contributed by atoms with van der Waals surface area (Å²) in [5, 5.41) is 10.9. The molecular weight excluding hydrogens is 200 g/mol. The first-order chi connectivity index (χ1) is 6.29. The Labute approximate surface area is 89.4 Å². The first-order valence-electron chi connectivity index (χ1n) is 4.81. The SMILES string of the molecule is C=CCC(O)C1SCCSC1CC. The second-order valence-corrected chi connectivity index (χ2v) is 5.88. The lowest BCUT2D eigenvalue weighted by Crippen LogP contribution is -2.35. The highest BCUT2D eigenvalue weighted by molar-refractivity contribution is 8.07. The molecule has 0 radical (unpaired) electrons. The molecule has 1 heterocycles. The van der Waals surface area contributed by atoms with E-state index in [1.165, 1.54) is 11.5 Å². The van der Waals surface area contributed by atoms with Crippen LogP contribution in [0.4, 0.5) is 0 Å². The van der Waals surface area contributed by atoms with E-state index in [-0.39, 0.29) is 6.10 Å². The first-order valence-corrected chi connectivity index (χ1v) is 6.91. The second kappa shape index (κ2) is 5.99. The fourth-order valence-electron chi connectivity index (χ4n) is 1.60. The molecule has 0 bridgehead atoms. The summed E-state index contributed by atoms with van der Waals surface area (Å²) in [4.78, 5) is 0. The third-order valence-electron chi connectivity index (χ3n) is 2.28. The van der Waals surface area contributed by atoms with Crippen LogP contribution in [0.3, 0.4) is 0 Å². The molecule has 1 saturated heterocycles. The molecule has 3 atom stereocenters. The molecule has 0 spiro atoms. The van der Waals surface area contributed by atoms with E-state index in [1.54, 1.807) is 0 Å². The highest BCUT2D eigenvalue weighted by Gasteiger charge is 2.29. The summed E-state index contributed by atoms with van der Waals surface area (Å²) in [6, 6.07) is 0. The van der Waals surface area contributed by atoms with Gasteiger partial charge in [0.1, 0.15) is 0 Å². The van der Waals surface area contributed by atoms with Crippen LogP contribution in [0.2, 0.25) is 0 Å². The van der Waals surface area contributed by atoms with Gasteiger partial charge in [0.25, 0.3) is 0 Å². The molecule has 0 saturated carbocycles. The van der Waals surface area contributed by atoms with Crippen LogP contribution in [0.1, 0.15) is 19.8 Å². The monoisotopic (exact) mass is 218 g/mol. The van der Waals surface area contributed by atoms with Crippen molar-refractivity contribution in [2.75, 3.05) is 11.5 Å². The van der Waals surface area contributed by atoms with Crippen LogP contribution in [0.5, 0.6) is 0 Å². The van der Waals surface area contributed by atoms with Crippen molar-refractivity contribution in [1.82, 2.24) is 0 Å². The normalized spacial score (nSPS) is 31.2. The maximum absolute atomic E-state index is 9.87. The summed E-state index contributed by atoms with van der Waals surface area (Å²) in [6.45, 7) is 5.88. The largest absolute Gasteiger partial charge is 0.392 e. The quantitative estimate of drug-likeness (QED) is 0.732. The van der Waals surface area contributed by atoms with Crippen LogP contribution in [0.15, 0.2) is 12.7 Å². The Morgan fingerprint density at radius 3 is 2.85 bits per heavy atom. The topological polar surface area (TPSA) is 20.2 Å². The maximum Gasteiger partial charge on any atom is 0.0703 e. The fraction of sp³-hybridized carbons (Fsp3) is 0.800. The Hall–Kier alpha value is 0.400. The van der Waals surface area contributed by atoms with E-state index >= 15 is 0 Å². The molecule has 1 fully saturated rings. The molecule has 1 aliphatic heterocycles. The van der Waals surface area contributed by atoms with Crippen molar-refractivity contribution in [3.8, 4) is 0 Å². The Kier molecular flexibility index (Phi) is 5.29. The van der Waals surface area contributed by atoms with Crippen molar-refractivity contribution in [3.63, 3.8) is 0 Å². The van der Waals surface area contributed by atoms with Gasteiger partial charge < -0.3 is 5.11 Å². The Bertz CT molecular complexity index is 161. The van der Waals surface area contributed by atoms with E-state index in [0.717, 1.165) is 12.8 Å². The van der Waals surface area contributed by atoms with Gasteiger partial charge in [-0.25, -0.2) is 0 Å². The van der Waals surface area contributed by atoms with E-state index in [0.29, 0.717) is 10.5 Å². The summed E-state index contributed by atoms with van der Waals surface area (Å²) >= 11 is 3.94. The lowest BCUT2D eigenvalue weighted by atomic mass is 10.1. The molecule has 76 valence electrons. The van der Waals surface area contributed by atoms with Crippen LogP contribution < -0.4 is 0 Å². The number of aliphatic hydroxyl groups is 1. The van der Waals surface area contributed by atoms with Gasteiger partial charge in [0.15, 0.2) is 0 Å². The van der Waals surface area contributed by atoms with Crippen LogP contribution in [-0.2, 0) is 0 Å². The lowest BCUT2D eigenvalue weighted by Gasteiger charge is -2.32. The van der Waals surface area contributed by atoms with Crippen molar-refractivity contribution < 1.29 is 5.11 Å². The molecule has 0 aliphatic carbocycles. The zero-order chi connectivity index (χ0) is 9.68. The van der Waals surface area contributed by atoms with Crippen LogP contribution in [0, 0.1) is 0 Å². The molecule has 3 heteroatoms. The minimum atomic E-state index is -0.194.